The molecule has 0 unspecified atom stereocenters. The maximum atomic E-state index is 13.5. The van der Waals surface area contributed by atoms with Crippen LogP contribution in [0.15, 0.2) is 84.6 Å². The van der Waals surface area contributed by atoms with Crippen molar-refractivity contribution < 1.29 is 18.7 Å². The summed E-state index contributed by atoms with van der Waals surface area (Å²) in [4.78, 5) is 30.1. The van der Waals surface area contributed by atoms with E-state index in [-0.39, 0.29) is 24.2 Å². The van der Waals surface area contributed by atoms with Gasteiger partial charge in [-0.15, -0.1) is 0 Å². The third kappa shape index (κ3) is 5.01. The highest BCUT2D eigenvalue weighted by molar-refractivity contribution is 6.35. The van der Waals surface area contributed by atoms with Gasteiger partial charge in [-0.1, -0.05) is 54.6 Å². The van der Waals surface area contributed by atoms with Crippen LogP contribution in [0.2, 0.25) is 0 Å². The summed E-state index contributed by atoms with van der Waals surface area (Å²) in [6, 6.07) is 23.1. The van der Waals surface area contributed by atoms with Gasteiger partial charge in [0.1, 0.15) is 17.3 Å². The van der Waals surface area contributed by atoms with Crippen LogP contribution in [0.25, 0.3) is 5.57 Å². The fraction of sp³-hybridized carbons (Fsp3) is 0.214. The first-order valence-electron chi connectivity index (χ1n) is 11.3. The second-order valence-electron chi connectivity index (χ2n) is 8.16. The number of amides is 2. The maximum Gasteiger partial charge on any atom is 0.277 e. The molecule has 3 aromatic rings. The molecule has 0 aliphatic carbocycles. The van der Waals surface area contributed by atoms with Crippen LogP contribution in [-0.4, -0.2) is 41.8 Å². The van der Waals surface area contributed by atoms with E-state index in [1.54, 1.807) is 24.3 Å². The van der Waals surface area contributed by atoms with Gasteiger partial charge >= 0.3 is 0 Å². The van der Waals surface area contributed by atoms with E-state index in [4.69, 9.17) is 4.74 Å². The summed E-state index contributed by atoms with van der Waals surface area (Å²) in [5.41, 5.74) is 3.31. The van der Waals surface area contributed by atoms with E-state index in [0.717, 1.165) is 11.1 Å². The van der Waals surface area contributed by atoms with E-state index in [0.29, 0.717) is 42.2 Å². The van der Waals surface area contributed by atoms with Crippen LogP contribution in [0.5, 0.6) is 5.75 Å². The first kappa shape index (κ1) is 23.2. The lowest BCUT2D eigenvalue weighted by Crippen LogP contribution is -2.35. The minimum absolute atomic E-state index is 0.215. The molecule has 5 nitrogen and oxygen atoms in total. The molecule has 0 atom stereocenters. The third-order valence-corrected chi connectivity index (χ3v) is 5.78. The van der Waals surface area contributed by atoms with Gasteiger partial charge in [-0.2, -0.15) is 0 Å². The highest BCUT2D eigenvalue weighted by atomic mass is 19.1. The molecule has 0 spiro atoms. The Morgan fingerprint density at radius 2 is 1.53 bits per heavy atom. The van der Waals surface area contributed by atoms with Crippen molar-refractivity contribution in [1.82, 2.24) is 9.80 Å². The number of ether oxygens (including phenoxy) is 1. The molecule has 1 aliphatic rings. The molecule has 1 aliphatic heterocycles. The Morgan fingerprint density at radius 3 is 2.18 bits per heavy atom. The standard InChI is InChI=1S/C28H27FN2O3/c1-3-34-24-15-11-22(12-16-24)25-26(30(2)19-21-7-5-4-6-8-21)28(33)31(27(25)32)18-17-20-9-13-23(29)14-10-20/h4-16H,3,17-19H2,1-2H3. The summed E-state index contributed by atoms with van der Waals surface area (Å²) in [6.07, 6.45) is 0.448. The van der Waals surface area contributed by atoms with Gasteiger partial charge in [0.05, 0.1) is 12.2 Å². The monoisotopic (exact) mass is 458 g/mol. The highest BCUT2D eigenvalue weighted by Crippen LogP contribution is 2.32. The quantitative estimate of drug-likeness (QED) is 0.437. The van der Waals surface area contributed by atoms with E-state index in [2.05, 4.69) is 0 Å². The van der Waals surface area contributed by atoms with Crippen molar-refractivity contribution in [2.45, 2.75) is 19.9 Å². The van der Waals surface area contributed by atoms with Crippen LogP contribution in [0.3, 0.4) is 0 Å². The fourth-order valence-electron chi connectivity index (χ4n) is 4.09. The number of carbonyl (C=O) groups is 2. The smallest absolute Gasteiger partial charge is 0.277 e. The molecule has 0 N–H and O–H groups in total. The zero-order chi connectivity index (χ0) is 24.1. The van der Waals surface area contributed by atoms with E-state index in [1.165, 1.54) is 17.0 Å². The van der Waals surface area contributed by atoms with Crippen LogP contribution in [0.4, 0.5) is 4.39 Å². The van der Waals surface area contributed by atoms with Gasteiger partial charge in [0.2, 0.25) is 0 Å². The molecule has 2 amide bonds. The number of carbonyl (C=O) groups excluding carboxylic acids is 2. The molecule has 34 heavy (non-hydrogen) atoms. The molecular formula is C28H27FN2O3. The molecule has 0 bridgehead atoms. The Bertz CT molecular complexity index is 1190. The Morgan fingerprint density at radius 1 is 0.853 bits per heavy atom. The van der Waals surface area contributed by atoms with Crippen molar-refractivity contribution >= 4 is 17.4 Å². The molecular weight excluding hydrogens is 431 g/mol. The highest BCUT2D eigenvalue weighted by Gasteiger charge is 2.40. The summed E-state index contributed by atoms with van der Waals surface area (Å²) < 4.78 is 18.8. The molecule has 4 rings (SSSR count). The van der Waals surface area contributed by atoms with Gasteiger partial charge in [-0.3, -0.25) is 14.5 Å². The second-order valence-corrected chi connectivity index (χ2v) is 8.16. The van der Waals surface area contributed by atoms with Crippen molar-refractivity contribution in [2.75, 3.05) is 20.2 Å². The summed E-state index contributed by atoms with van der Waals surface area (Å²) in [5.74, 6) is -0.266. The minimum atomic E-state index is -0.328. The molecule has 0 saturated heterocycles. The van der Waals surface area contributed by atoms with Gasteiger partial charge in [0.25, 0.3) is 11.8 Å². The number of benzene rings is 3. The van der Waals surface area contributed by atoms with Gasteiger partial charge < -0.3 is 9.64 Å². The van der Waals surface area contributed by atoms with E-state index >= 15 is 0 Å². The van der Waals surface area contributed by atoms with Crippen molar-refractivity contribution in [3.63, 3.8) is 0 Å². The number of hydrogen-bond donors (Lipinski definition) is 0. The second kappa shape index (κ2) is 10.3. The molecule has 0 radical (unpaired) electrons. The molecule has 6 heteroatoms. The third-order valence-electron chi connectivity index (χ3n) is 5.78. The van der Waals surface area contributed by atoms with Crippen LogP contribution < -0.4 is 4.74 Å². The minimum Gasteiger partial charge on any atom is -0.494 e. The summed E-state index contributed by atoms with van der Waals surface area (Å²) in [7, 11) is 1.82. The van der Waals surface area contributed by atoms with E-state index < -0.39 is 0 Å². The zero-order valence-electron chi connectivity index (χ0n) is 19.3. The SMILES string of the molecule is CCOc1ccc(C2=C(N(C)Cc3ccccc3)C(=O)N(CCc3ccc(F)cc3)C2=O)cc1. The predicted octanol–water partition coefficient (Wildman–Crippen LogP) is 4.68. The molecule has 1 heterocycles. The Labute approximate surface area is 199 Å². The van der Waals surface area contributed by atoms with E-state index in [1.807, 2.05) is 61.3 Å². The van der Waals surface area contributed by atoms with Gasteiger partial charge in [0.15, 0.2) is 0 Å². The molecule has 0 fully saturated rings. The molecule has 3 aromatic carbocycles. The van der Waals surface area contributed by atoms with Crippen molar-refractivity contribution in [2.24, 2.45) is 0 Å². The van der Waals surface area contributed by atoms with Crippen molar-refractivity contribution in [3.05, 3.63) is 107 Å². The van der Waals surface area contributed by atoms with Gasteiger partial charge in [-0.25, -0.2) is 4.39 Å². The fourth-order valence-corrected chi connectivity index (χ4v) is 4.09. The van der Waals surface area contributed by atoms with Crippen LogP contribution in [-0.2, 0) is 22.6 Å². The Kier molecular flexibility index (Phi) is 7.07. The van der Waals surface area contributed by atoms with Crippen LogP contribution >= 0.6 is 0 Å². The number of nitrogens with zero attached hydrogens (tertiary/aromatic N) is 2. The number of rotatable bonds is 9. The Balaban J connectivity index is 1.64. The van der Waals surface area contributed by atoms with Crippen LogP contribution in [0, 0.1) is 5.82 Å². The predicted molar refractivity (Wildman–Crippen MR) is 129 cm³/mol. The summed E-state index contributed by atoms with van der Waals surface area (Å²) in [6.45, 7) is 3.15. The topological polar surface area (TPSA) is 49.9 Å². The van der Waals surface area contributed by atoms with Crippen LogP contribution in [0.1, 0.15) is 23.6 Å². The number of likely N-dealkylation sites (N-methyl/N-ethyl adjacent to an activating group) is 1. The summed E-state index contributed by atoms with van der Waals surface area (Å²) >= 11 is 0. The molecule has 0 aromatic heterocycles. The average molecular weight is 459 g/mol. The lowest BCUT2D eigenvalue weighted by atomic mass is 10.0. The van der Waals surface area contributed by atoms with Gasteiger partial charge in [-0.05, 0) is 54.3 Å². The Hall–Kier alpha value is -3.93. The normalized spacial score (nSPS) is 13.6. The lowest BCUT2D eigenvalue weighted by Gasteiger charge is -2.21. The van der Waals surface area contributed by atoms with E-state index in [9.17, 15) is 14.0 Å². The van der Waals surface area contributed by atoms with Gasteiger partial charge in [0, 0.05) is 20.1 Å². The molecule has 0 saturated carbocycles. The molecule has 174 valence electrons. The number of hydrogen-bond acceptors (Lipinski definition) is 4. The zero-order valence-corrected chi connectivity index (χ0v) is 19.3. The first-order chi connectivity index (χ1) is 16.5. The summed E-state index contributed by atoms with van der Waals surface area (Å²) in [5, 5.41) is 0. The van der Waals surface area contributed by atoms with Crippen molar-refractivity contribution in [1.29, 1.82) is 0 Å². The first-order valence-corrected chi connectivity index (χ1v) is 11.3. The number of halogens is 1. The lowest BCUT2D eigenvalue weighted by molar-refractivity contribution is -0.137. The van der Waals surface area contributed by atoms with Crippen molar-refractivity contribution in [3.8, 4) is 5.75 Å². The maximum absolute atomic E-state index is 13.5. The largest absolute Gasteiger partial charge is 0.494 e. The average Bonchev–Trinajstić information content (AvgIpc) is 3.09. The number of imide groups is 1.